The van der Waals surface area contributed by atoms with Crippen LogP contribution in [0.4, 0.5) is 0 Å². The maximum absolute atomic E-state index is 3.63. The molecule has 1 aromatic carbocycles. The fourth-order valence-electron chi connectivity index (χ4n) is 2.22. The van der Waals surface area contributed by atoms with E-state index in [0.29, 0.717) is 5.41 Å². The first kappa shape index (κ1) is 10.7. The summed E-state index contributed by atoms with van der Waals surface area (Å²) in [5, 5.41) is 3.63. The SMILES string of the molecule is CC(C)(C)C1CC1NCc1ccccc1. The third-order valence-corrected chi connectivity index (χ3v) is 3.31. The van der Waals surface area contributed by atoms with E-state index in [0.717, 1.165) is 18.5 Å². The van der Waals surface area contributed by atoms with Crippen molar-refractivity contribution < 1.29 is 0 Å². The summed E-state index contributed by atoms with van der Waals surface area (Å²) >= 11 is 0. The van der Waals surface area contributed by atoms with Crippen molar-refractivity contribution >= 4 is 0 Å². The van der Waals surface area contributed by atoms with Crippen LogP contribution in [0.2, 0.25) is 0 Å². The molecular formula is C14H21N. The van der Waals surface area contributed by atoms with Crippen molar-refractivity contribution in [3.05, 3.63) is 35.9 Å². The number of hydrogen-bond donors (Lipinski definition) is 1. The lowest BCUT2D eigenvalue weighted by Gasteiger charge is -2.18. The second-order valence-electron chi connectivity index (χ2n) is 5.68. The predicted molar refractivity (Wildman–Crippen MR) is 64.6 cm³/mol. The van der Waals surface area contributed by atoms with Gasteiger partial charge in [0.15, 0.2) is 0 Å². The van der Waals surface area contributed by atoms with Crippen molar-refractivity contribution in [2.75, 3.05) is 0 Å². The Morgan fingerprint density at radius 3 is 2.40 bits per heavy atom. The van der Waals surface area contributed by atoms with E-state index in [1.807, 2.05) is 0 Å². The summed E-state index contributed by atoms with van der Waals surface area (Å²) in [7, 11) is 0. The zero-order chi connectivity index (χ0) is 10.9. The van der Waals surface area contributed by atoms with E-state index in [2.05, 4.69) is 56.4 Å². The fourth-order valence-corrected chi connectivity index (χ4v) is 2.22. The Bertz CT molecular complexity index is 310. The molecule has 0 aliphatic heterocycles. The van der Waals surface area contributed by atoms with Crippen molar-refractivity contribution in [3.63, 3.8) is 0 Å². The van der Waals surface area contributed by atoms with E-state index in [9.17, 15) is 0 Å². The molecule has 2 atom stereocenters. The van der Waals surface area contributed by atoms with Gasteiger partial charge in [-0.05, 0) is 23.3 Å². The summed E-state index contributed by atoms with van der Waals surface area (Å²) < 4.78 is 0. The van der Waals surface area contributed by atoms with Crippen molar-refractivity contribution in [2.45, 2.75) is 39.8 Å². The molecule has 1 heteroatoms. The van der Waals surface area contributed by atoms with Gasteiger partial charge >= 0.3 is 0 Å². The largest absolute Gasteiger partial charge is 0.310 e. The summed E-state index contributed by atoms with van der Waals surface area (Å²) in [4.78, 5) is 0. The molecule has 0 aromatic heterocycles. The third kappa shape index (κ3) is 2.82. The lowest BCUT2D eigenvalue weighted by atomic mass is 9.90. The first-order valence-electron chi connectivity index (χ1n) is 5.84. The van der Waals surface area contributed by atoms with Crippen LogP contribution in [0.25, 0.3) is 0 Å². The highest BCUT2D eigenvalue weighted by molar-refractivity contribution is 5.15. The van der Waals surface area contributed by atoms with Gasteiger partial charge in [-0.2, -0.15) is 0 Å². The quantitative estimate of drug-likeness (QED) is 0.795. The van der Waals surface area contributed by atoms with Gasteiger partial charge in [0.2, 0.25) is 0 Å². The molecule has 0 amide bonds. The van der Waals surface area contributed by atoms with Crippen LogP contribution in [0.1, 0.15) is 32.8 Å². The maximum Gasteiger partial charge on any atom is 0.0208 e. The Balaban J connectivity index is 1.78. The summed E-state index contributed by atoms with van der Waals surface area (Å²) in [5.41, 5.74) is 1.85. The van der Waals surface area contributed by atoms with Crippen LogP contribution in [0, 0.1) is 11.3 Å². The minimum absolute atomic E-state index is 0.467. The monoisotopic (exact) mass is 203 g/mol. The lowest BCUT2D eigenvalue weighted by Crippen LogP contribution is -2.22. The Hall–Kier alpha value is -0.820. The van der Waals surface area contributed by atoms with Crippen LogP contribution >= 0.6 is 0 Å². The summed E-state index contributed by atoms with van der Waals surface area (Å²) in [6, 6.07) is 11.4. The topological polar surface area (TPSA) is 12.0 Å². The highest BCUT2D eigenvalue weighted by atomic mass is 15.0. The van der Waals surface area contributed by atoms with Crippen molar-refractivity contribution in [3.8, 4) is 0 Å². The molecule has 0 saturated heterocycles. The molecule has 0 heterocycles. The molecule has 1 nitrogen and oxygen atoms in total. The van der Waals surface area contributed by atoms with E-state index >= 15 is 0 Å². The normalized spacial score (nSPS) is 25.3. The molecule has 1 saturated carbocycles. The van der Waals surface area contributed by atoms with Gasteiger partial charge in [0.1, 0.15) is 0 Å². The maximum atomic E-state index is 3.63. The van der Waals surface area contributed by atoms with Crippen molar-refractivity contribution in [1.82, 2.24) is 5.32 Å². The van der Waals surface area contributed by atoms with Gasteiger partial charge in [0.25, 0.3) is 0 Å². The standard InChI is InChI=1S/C14H21N/c1-14(2,3)12-9-13(12)15-10-11-7-5-4-6-8-11/h4-8,12-13,15H,9-10H2,1-3H3. The summed E-state index contributed by atoms with van der Waals surface area (Å²) in [6.45, 7) is 8.02. The number of rotatable bonds is 3. The first-order chi connectivity index (χ1) is 7.07. The Kier molecular flexibility index (Phi) is 2.83. The zero-order valence-electron chi connectivity index (χ0n) is 9.96. The van der Waals surface area contributed by atoms with E-state index in [1.54, 1.807) is 0 Å². The Morgan fingerprint density at radius 1 is 1.20 bits per heavy atom. The fraction of sp³-hybridized carbons (Fsp3) is 0.571. The van der Waals surface area contributed by atoms with Gasteiger partial charge in [0, 0.05) is 12.6 Å². The molecule has 1 aromatic rings. The number of hydrogen-bond acceptors (Lipinski definition) is 1. The van der Waals surface area contributed by atoms with Crippen LogP contribution in [0.15, 0.2) is 30.3 Å². The van der Waals surface area contributed by atoms with Crippen LogP contribution < -0.4 is 5.32 Å². The van der Waals surface area contributed by atoms with Gasteiger partial charge in [-0.3, -0.25) is 0 Å². The van der Waals surface area contributed by atoms with Gasteiger partial charge in [-0.1, -0.05) is 51.1 Å². The van der Waals surface area contributed by atoms with Crippen LogP contribution in [-0.2, 0) is 6.54 Å². The molecular weight excluding hydrogens is 182 g/mol. The van der Waals surface area contributed by atoms with Crippen molar-refractivity contribution in [1.29, 1.82) is 0 Å². The van der Waals surface area contributed by atoms with E-state index in [-0.39, 0.29) is 0 Å². The second-order valence-corrected chi connectivity index (χ2v) is 5.68. The van der Waals surface area contributed by atoms with Gasteiger partial charge in [-0.15, -0.1) is 0 Å². The highest BCUT2D eigenvalue weighted by Gasteiger charge is 2.44. The molecule has 0 radical (unpaired) electrons. The molecule has 15 heavy (non-hydrogen) atoms. The molecule has 0 spiro atoms. The highest BCUT2D eigenvalue weighted by Crippen LogP contribution is 2.45. The lowest BCUT2D eigenvalue weighted by molar-refractivity contribution is 0.333. The zero-order valence-corrected chi connectivity index (χ0v) is 9.96. The molecule has 2 unspecified atom stereocenters. The summed E-state index contributed by atoms with van der Waals surface area (Å²) in [5.74, 6) is 0.862. The first-order valence-corrected chi connectivity index (χ1v) is 5.84. The predicted octanol–water partition coefficient (Wildman–Crippen LogP) is 3.21. The summed E-state index contributed by atoms with van der Waals surface area (Å²) in [6.07, 6.45) is 1.34. The molecule has 0 bridgehead atoms. The molecule has 1 N–H and O–H groups in total. The average molecular weight is 203 g/mol. The van der Waals surface area contributed by atoms with Gasteiger partial charge in [-0.25, -0.2) is 0 Å². The molecule has 1 aliphatic carbocycles. The third-order valence-electron chi connectivity index (χ3n) is 3.31. The second kappa shape index (κ2) is 3.97. The van der Waals surface area contributed by atoms with Crippen LogP contribution in [0.5, 0.6) is 0 Å². The van der Waals surface area contributed by atoms with Crippen molar-refractivity contribution in [2.24, 2.45) is 11.3 Å². The van der Waals surface area contributed by atoms with E-state index < -0.39 is 0 Å². The Labute approximate surface area is 92.9 Å². The van der Waals surface area contributed by atoms with E-state index in [4.69, 9.17) is 0 Å². The molecule has 1 fully saturated rings. The van der Waals surface area contributed by atoms with Gasteiger partial charge < -0.3 is 5.32 Å². The van der Waals surface area contributed by atoms with Gasteiger partial charge in [0.05, 0.1) is 0 Å². The van der Waals surface area contributed by atoms with E-state index in [1.165, 1.54) is 12.0 Å². The van der Waals surface area contributed by atoms with Crippen LogP contribution in [-0.4, -0.2) is 6.04 Å². The molecule has 2 rings (SSSR count). The smallest absolute Gasteiger partial charge is 0.0208 e. The molecule has 82 valence electrons. The minimum Gasteiger partial charge on any atom is -0.310 e. The number of benzene rings is 1. The Morgan fingerprint density at radius 2 is 1.87 bits per heavy atom. The molecule has 1 aliphatic rings. The van der Waals surface area contributed by atoms with Crippen LogP contribution in [0.3, 0.4) is 0 Å². The minimum atomic E-state index is 0.467. The number of nitrogens with one attached hydrogen (secondary N) is 1. The average Bonchev–Trinajstić information content (AvgIpc) is 2.95.